The number of aryl methyl sites for hydroxylation is 2. The molecule has 0 aliphatic heterocycles. The Balaban J connectivity index is 2.28. The summed E-state index contributed by atoms with van der Waals surface area (Å²) >= 11 is 0. The molecule has 0 fully saturated rings. The second kappa shape index (κ2) is 8.31. The Bertz CT molecular complexity index is 323. The van der Waals surface area contributed by atoms with Crippen molar-refractivity contribution < 1.29 is 0 Å². The fourth-order valence-corrected chi connectivity index (χ4v) is 2.60. The van der Waals surface area contributed by atoms with Crippen LogP contribution in [0.1, 0.15) is 62.1 Å². The molecule has 2 N–H and O–H groups in total. The first-order chi connectivity index (χ1) is 8.61. The number of benzene rings is 1. The van der Waals surface area contributed by atoms with Gasteiger partial charge in [0.1, 0.15) is 0 Å². The van der Waals surface area contributed by atoms with E-state index in [1.807, 2.05) is 0 Å². The predicted molar refractivity (Wildman–Crippen MR) is 81.0 cm³/mol. The summed E-state index contributed by atoms with van der Waals surface area (Å²) in [5.41, 5.74) is 10.3. The third-order valence-electron chi connectivity index (χ3n) is 3.46. The van der Waals surface area contributed by atoms with Crippen LogP contribution in [0.25, 0.3) is 0 Å². The Morgan fingerprint density at radius 1 is 0.944 bits per heavy atom. The molecule has 0 heterocycles. The van der Waals surface area contributed by atoms with Crippen molar-refractivity contribution in [2.24, 2.45) is 5.73 Å². The van der Waals surface area contributed by atoms with E-state index in [1.165, 1.54) is 48.8 Å². The van der Waals surface area contributed by atoms with Crippen LogP contribution in [0.15, 0.2) is 18.2 Å². The zero-order chi connectivity index (χ0) is 13.4. The summed E-state index contributed by atoms with van der Waals surface area (Å²) in [7, 11) is 0. The van der Waals surface area contributed by atoms with Crippen molar-refractivity contribution in [2.75, 3.05) is 0 Å². The first-order valence-electron chi connectivity index (χ1n) is 7.44. The SMILES string of the molecule is CCCCCCCC(N)Cc1cc(C)cc(C)c1. The molecule has 0 saturated heterocycles. The minimum Gasteiger partial charge on any atom is -0.327 e. The molecule has 0 aliphatic carbocycles. The van der Waals surface area contributed by atoms with Gasteiger partial charge in [0.25, 0.3) is 0 Å². The summed E-state index contributed by atoms with van der Waals surface area (Å²) in [6, 6.07) is 7.08. The summed E-state index contributed by atoms with van der Waals surface area (Å²) in [5.74, 6) is 0. The molecule has 1 heteroatoms. The standard InChI is InChI=1S/C17H29N/c1-4-5-6-7-8-9-17(18)13-16-11-14(2)10-15(3)12-16/h10-12,17H,4-9,13,18H2,1-3H3. The van der Waals surface area contributed by atoms with Crippen molar-refractivity contribution in [1.29, 1.82) is 0 Å². The molecule has 18 heavy (non-hydrogen) atoms. The maximum absolute atomic E-state index is 6.22. The Morgan fingerprint density at radius 2 is 1.56 bits per heavy atom. The highest BCUT2D eigenvalue weighted by molar-refractivity contribution is 5.29. The second-order valence-electron chi connectivity index (χ2n) is 5.66. The highest BCUT2D eigenvalue weighted by atomic mass is 14.6. The van der Waals surface area contributed by atoms with E-state index in [1.54, 1.807) is 0 Å². The molecular weight excluding hydrogens is 218 g/mol. The van der Waals surface area contributed by atoms with Crippen molar-refractivity contribution in [2.45, 2.75) is 71.8 Å². The molecule has 0 radical (unpaired) electrons. The first-order valence-corrected chi connectivity index (χ1v) is 7.44. The van der Waals surface area contributed by atoms with Gasteiger partial charge in [-0.25, -0.2) is 0 Å². The summed E-state index contributed by atoms with van der Waals surface area (Å²) < 4.78 is 0. The van der Waals surface area contributed by atoms with Crippen molar-refractivity contribution in [3.8, 4) is 0 Å². The summed E-state index contributed by atoms with van der Waals surface area (Å²) in [6.07, 6.45) is 8.86. The molecule has 0 spiro atoms. The molecule has 102 valence electrons. The molecule has 1 aromatic carbocycles. The van der Waals surface area contributed by atoms with E-state index < -0.39 is 0 Å². The van der Waals surface area contributed by atoms with E-state index in [0.717, 1.165) is 12.8 Å². The van der Waals surface area contributed by atoms with E-state index in [-0.39, 0.29) is 0 Å². The minimum atomic E-state index is 0.327. The lowest BCUT2D eigenvalue weighted by atomic mass is 9.98. The lowest BCUT2D eigenvalue weighted by molar-refractivity contribution is 0.538. The Morgan fingerprint density at radius 3 is 2.17 bits per heavy atom. The summed E-state index contributed by atoms with van der Waals surface area (Å²) in [4.78, 5) is 0. The number of hydrogen-bond acceptors (Lipinski definition) is 1. The van der Waals surface area contributed by atoms with Gasteiger partial charge in [-0.3, -0.25) is 0 Å². The van der Waals surface area contributed by atoms with Crippen LogP contribution in [-0.2, 0) is 6.42 Å². The molecule has 0 amide bonds. The fraction of sp³-hybridized carbons (Fsp3) is 0.647. The van der Waals surface area contributed by atoms with Crippen molar-refractivity contribution in [1.82, 2.24) is 0 Å². The van der Waals surface area contributed by atoms with E-state index in [0.29, 0.717) is 6.04 Å². The highest BCUT2D eigenvalue weighted by Gasteiger charge is 2.05. The normalized spacial score (nSPS) is 12.7. The maximum Gasteiger partial charge on any atom is 0.00793 e. The monoisotopic (exact) mass is 247 g/mol. The molecule has 1 nitrogen and oxygen atoms in total. The van der Waals surface area contributed by atoms with Gasteiger partial charge in [-0.15, -0.1) is 0 Å². The van der Waals surface area contributed by atoms with Crippen LogP contribution in [-0.4, -0.2) is 6.04 Å². The first kappa shape index (κ1) is 15.2. The van der Waals surface area contributed by atoms with Gasteiger partial charge >= 0.3 is 0 Å². The van der Waals surface area contributed by atoms with Crippen LogP contribution in [0.2, 0.25) is 0 Å². The third kappa shape index (κ3) is 6.20. The molecule has 0 aromatic heterocycles. The average molecular weight is 247 g/mol. The summed E-state index contributed by atoms with van der Waals surface area (Å²) in [5, 5.41) is 0. The Labute approximate surface area is 113 Å². The van der Waals surface area contributed by atoms with Crippen LogP contribution in [0.3, 0.4) is 0 Å². The van der Waals surface area contributed by atoms with Crippen molar-refractivity contribution >= 4 is 0 Å². The molecular formula is C17H29N. The third-order valence-corrected chi connectivity index (χ3v) is 3.46. The van der Waals surface area contributed by atoms with E-state index >= 15 is 0 Å². The summed E-state index contributed by atoms with van der Waals surface area (Å²) in [6.45, 7) is 6.57. The zero-order valence-corrected chi connectivity index (χ0v) is 12.3. The van der Waals surface area contributed by atoms with Gasteiger partial charge in [0.05, 0.1) is 0 Å². The number of hydrogen-bond donors (Lipinski definition) is 1. The number of unbranched alkanes of at least 4 members (excludes halogenated alkanes) is 4. The van der Waals surface area contributed by atoms with Gasteiger partial charge in [0, 0.05) is 6.04 Å². The van der Waals surface area contributed by atoms with Crippen LogP contribution in [0, 0.1) is 13.8 Å². The number of nitrogens with two attached hydrogens (primary N) is 1. The van der Waals surface area contributed by atoms with Gasteiger partial charge in [-0.2, -0.15) is 0 Å². The van der Waals surface area contributed by atoms with Gasteiger partial charge in [-0.1, -0.05) is 68.4 Å². The van der Waals surface area contributed by atoms with Crippen LogP contribution in [0.5, 0.6) is 0 Å². The van der Waals surface area contributed by atoms with Gasteiger partial charge in [0.2, 0.25) is 0 Å². The number of rotatable bonds is 8. The Kier molecular flexibility index (Phi) is 7.04. The van der Waals surface area contributed by atoms with Crippen LogP contribution in [0.4, 0.5) is 0 Å². The molecule has 1 atom stereocenters. The van der Waals surface area contributed by atoms with Crippen LogP contribution >= 0.6 is 0 Å². The predicted octanol–water partition coefficient (Wildman–Crippen LogP) is 4.53. The molecule has 0 bridgehead atoms. The minimum absolute atomic E-state index is 0.327. The molecule has 0 saturated carbocycles. The van der Waals surface area contributed by atoms with Gasteiger partial charge in [-0.05, 0) is 32.3 Å². The van der Waals surface area contributed by atoms with E-state index in [2.05, 4.69) is 39.0 Å². The van der Waals surface area contributed by atoms with Gasteiger partial charge in [0.15, 0.2) is 0 Å². The zero-order valence-electron chi connectivity index (χ0n) is 12.3. The fourth-order valence-electron chi connectivity index (χ4n) is 2.60. The molecule has 0 aliphatic rings. The molecule has 1 unspecified atom stereocenters. The Hall–Kier alpha value is -0.820. The van der Waals surface area contributed by atoms with Crippen molar-refractivity contribution in [3.63, 3.8) is 0 Å². The smallest absolute Gasteiger partial charge is 0.00793 e. The van der Waals surface area contributed by atoms with E-state index in [9.17, 15) is 0 Å². The van der Waals surface area contributed by atoms with Crippen molar-refractivity contribution in [3.05, 3.63) is 34.9 Å². The topological polar surface area (TPSA) is 26.0 Å². The largest absolute Gasteiger partial charge is 0.327 e. The maximum atomic E-state index is 6.22. The highest BCUT2D eigenvalue weighted by Crippen LogP contribution is 2.13. The van der Waals surface area contributed by atoms with Gasteiger partial charge < -0.3 is 5.73 Å². The molecule has 1 aromatic rings. The average Bonchev–Trinajstić information content (AvgIpc) is 2.27. The quantitative estimate of drug-likeness (QED) is 0.671. The van der Waals surface area contributed by atoms with Crippen LogP contribution < -0.4 is 5.73 Å². The lowest BCUT2D eigenvalue weighted by Crippen LogP contribution is -2.22. The molecule has 1 rings (SSSR count). The lowest BCUT2D eigenvalue weighted by Gasteiger charge is -2.12. The van der Waals surface area contributed by atoms with E-state index in [4.69, 9.17) is 5.73 Å². The second-order valence-corrected chi connectivity index (χ2v) is 5.66.